The molecule has 0 saturated heterocycles. The second-order valence-electron chi connectivity index (χ2n) is 4.99. The van der Waals surface area contributed by atoms with Crippen LogP contribution in [0, 0.1) is 5.82 Å². The standard InChI is InChI=1S/C17H14ClFN2O/c18-12-5-6-13-14(10-21-16(13)9-12)17(22)20-8-7-11-3-1-2-4-15(11)19/h1-6,9-10,21H,7-8H2,(H,20,22). The molecule has 5 heteroatoms. The molecule has 0 aliphatic heterocycles. The molecule has 1 heterocycles. The molecule has 1 amide bonds. The molecule has 112 valence electrons. The van der Waals surface area contributed by atoms with E-state index in [0.717, 1.165) is 10.9 Å². The Kier molecular flexibility index (Phi) is 4.11. The molecule has 0 aliphatic rings. The summed E-state index contributed by atoms with van der Waals surface area (Å²) in [5.74, 6) is -0.441. The molecule has 3 rings (SSSR count). The van der Waals surface area contributed by atoms with Crippen LogP contribution in [0.15, 0.2) is 48.7 Å². The van der Waals surface area contributed by atoms with Gasteiger partial charge in [-0.1, -0.05) is 35.9 Å². The van der Waals surface area contributed by atoms with Crippen molar-refractivity contribution in [3.8, 4) is 0 Å². The van der Waals surface area contributed by atoms with Crippen LogP contribution in [-0.4, -0.2) is 17.4 Å². The molecule has 2 aromatic carbocycles. The van der Waals surface area contributed by atoms with E-state index >= 15 is 0 Å². The van der Waals surface area contributed by atoms with Crippen LogP contribution in [0.4, 0.5) is 4.39 Å². The van der Waals surface area contributed by atoms with Crippen molar-refractivity contribution in [1.82, 2.24) is 10.3 Å². The maximum atomic E-state index is 13.5. The molecule has 3 aromatic rings. The van der Waals surface area contributed by atoms with E-state index in [4.69, 9.17) is 11.6 Å². The minimum absolute atomic E-state index is 0.190. The number of halogens is 2. The normalized spacial score (nSPS) is 10.8. The molecule has 0 fully saturated rings. The molecule has 0 aliphatic carbocycles. The van der Waals surface area contributed by atoms with E-state index in [2.05, 4.69) is 10.3 Å². The lowest BCUT2D eigenvalue weighted by atomic mass is 10.1. The SMILES string of the molecule is O=C(NCCc1ccccc1F)c1c[nH]c2cc(Cl)ccc12. The average Bonchev–Trinajstić information content (AvgIpc) is 2.92. The first-order chi connectivity index (χ1) is 10.6. The zero-order valence-corrected chi connectivity index (χ0v) is 12.5. The van der Waals surface area contributed by atoms with Gasteiger partial charge in [-0.2, -0.15) is 0 Å². The Morgan fingerprint density at radius 2 is 2.05 bits per heavy atom. The van der Waals surface area contributed by atoms with Crippen molar-refractivity contribution in [2.24, 2.45) is 0 Å². The molecule has 0 spiro atoms. The Hall–Kier alpha value is -2.33. The first kappa shape index (κ1) is 14.6. The van der Waals surface area contributed by atoms with Gasteiger partial charge in [0.25, 0.3) is 5.91 Å². The number of aromatic amines is 1. The monoisotopic (exact) mass is 316 g/mol. The lowest BCUT2D eigenvalue weighted by Gasteiger charge is -2.05. The summed E-state index contributed by atoms with van der Waals surface area (Å²) in [5, 5.41) is 4.23. The number of fused-ring (bicyclic) bond motifs is 1. The van der Waals surface area contributed by atoms with Crippen LogP contribution in [0.25, 0.3) is 10.9 Å². The Labute approximate surface area is 132 Å². The summed E-state index contributed by atoms with van der Waals surface area (Å²) in [4.78, 5) is 15.2. The minimum Gasteiger partial charge on any atom is -0.360 e. The topological polar surface area (TPSA) is 44.9 Å². The number of hydrogen-bond acceptors (Lipinski definition) is 1. The summed E-state index contributed by atoms with van der Waals surface area (Å²) < 4.78 is 13.5. The van der Waals surface area contributed by atoms with Crippen LogP contribution >= 0.6 is 11.6 Å². The molecule has 0 bridgehead atoms. The fraction of sp³-hybridized carbons (Fsp3) is 0.118. The molecular formula is C17H14ClFN2O. The summed E-state index contributed by atoms with van der Waals surface area (Å²) in [7, 11) is 0. The summed E-state index contributed by atoms with van der Waals surface area (Å²) >= 11 is 5.92. The van der Waals surface area contributed by atoms with E-state index < -0.39 is 0 Å². The Bertz CT molecular complexity index is 828. The molecule has 0 saturated carbocycles. The van der Waals surface area contributed by atoms with E-state index in [9.17, 15) is 9.18 Å². The van der Waals surface area contributed by atoms with Crippen molar-refractivity contribution in [3.05, 3.63) is 70.6 Å². The van der Waals surface area contributed by atoms with E-state index in [1.165, 1.54) is 6.07 Å². The average molecular weight is 317 g/mol. The Morgan fingerprint density at radius 1 is 1.23 bits per heavy atom. The van der Waals surface area contributed by atoms with Crippen molar-refractivity contribution < 1.29 is 9.18 Å². The van der Waals surface area contributed by atoms with Gasteiger partial charge in [0.1, 0.15) is 5.82 Å². The quantitative estimate of drug-likeness (QED) is 0.752. The van der Waals surface area contributed by atoms with Gasteiger partial charge in [0, 0.05) is 28.7 Å². The van der Waals surface area contributed by atoms with Gasteiger partial charge in [-0.25, -0.2) is 4.39 Å². The summed E-state index contributed by atoms with van der Waals surface area (Å²) in [6.45, 7) is 0.375. The minimum atomic E-state index is -0.251. The van der Waals surface area contributed by atoms with Gasteiger partial charge in [0.2, 0.25) is 0 Å². The highest BCUT2D eigenvalue weighted by atomic mass is 35.5. The third kappa shape index (κ3) is 2.97. The maximum Gasteiger partial charge on any atom is 0.253 e. The molecule has 2 N–H and O–H groups in total. The summed E-state index contributed by atoms with van der Waals surface area (Å²) in [6, 6.07) is 11.9. The van der Waals surface area contributed by atoms with Crippen molar-refractivity contribution in [2.75, 3.05) is 6.54 Å². The van der Waals surface area contributed by atoms with Crippen LogP contribution in [0.5, 0.6) is 0 Å². The molecule has 0 unspecified atom stereocenters. The zero-order chi connectivity index (χ0) is 15.5. The smallest absolute Gasteiger partial charge is 0.253 e. The summed E-state index contributed by atoms with van der Waals surface area (Å²) in [5.41, 5.74) is 1.96. The van der Waals surface area contributed by atoms with Crippen LogP contribution in [-0.2, 0) is 6.42 Å². The summed E-state index contributed by atoms with van der Waals surface area (Å²) in [6.07, 6.45) is 2.10. The molecule has 22 heavy (non-hydrogen) atoms. The fourth-order valence-electron chi connectivity index (χ4n) is 2.39. The fourth-order valence-corrected chi connectivity index (χ4v) is 2.57. The number of nitrogens with one attached hydrogen (secondary N) is 2. The largest absolute Gasteiger partial charge is 0.360 e. The van der Waals surface area contributed by atoms with Crippen molar-refractivity contribution in [2.45, 2.75) is 6.42 Å². The molecule has 3 nitrogen and oxygen atoms in total. The highest BCUT2D eigenvalue weighted by Crippen LogP contribution is 2.21. The Morgan fingerprint density at radius 3 is 2.86 bits per heavy atom. The predicted octanol–water partition coefficient (Wildman–Crippen LogP) is 3.93. The number of amides is 1. The molecule has 1 aromatic heterocycles. The highest BCUT2D eigenvalue weighted by molar-refractivity contribution is 6.31. The van der Waals surface area contributed by atoms with Gasteiger partial charge < -0.3 is 10.3 Å². The van der Waals surface area contributed by atoms with Crippen molar-refractivity contribution in [1.29, 1.82) is 0 Å². The zero-order valence-electron chi connectivity index (χ0n) is 11.7. The number of rotatable bonds is 4. The third-order valence-electron chi connectivity index (χ3n) is 3.53. The van der Waals surface area contributed by atoms with E-state index in [1.807, 2.05) is 0 Å². The number of H-pyrrole nitrogens is 1. The lowest BCUT2D eigenvalue weighted by molar-refractivity contribution is 0.0955. The molecule has 0 radical (unpaired) electrons. The second-order valence-corrected chi connectivity index (χ2v) is 5.43. The second kappa shape index (κ2) is 6.20. The van der Waals surface area contributed by atoms with Gasteiger partial charge in [-0.3, -0.25) is 4.79 Å². The van der Waals surface area contributed by atoms with E-state index in [-0.39, 0.29) is 11.7 Å². The van der Waals surface area contributed by atoms with Gasteiger partial charge in [-0.05, 0) is 30.2 Å². The van der Waals surface area contributed by atoms with Crippen LogP contribution in [0.3, 0.4) is 0 Å². The van der Waals surface area contributed by atoms with Crippen LogP contribution in [0.1, 0.15) is 15.9 Å². The van der Waals surface area contributed by atoms with Gasteiger partial charge in [0.05, 0.1) is 5.56 Å². The Balaban J connectivity index is 1.68. The number of hydrogen-bond donors (Lipinski definition) is 2. The third-order valence-corrected chi connectivity index (χ3v) is 3.76. The van der Waals surface area contributed by atoms with Crippen LogP contribution < -0.4 is 5.32 Å². The number of aromatic nitrogens is 1. The molecular weight excluding hydrogens is 303 g/mol. The van der Waals surface area contributed by atoms with Gasteiger partial charge in [0.15, 0.2) is 0 Å². The highest BCUT2D eigenvalue weighted by Gasteiger charge is 2.12. The van der Waals surface area contributed by atoms with Gasteiger partial charge in [-0.15, -0.1) is 0 Å². The lowest BCUT2D eigenvalue weighted by Crippen LogP contribution is -2.25. The number of carbonyl (C=O) groups excluding carboxylic acids is 1. The number of benzene rings is 2. The van der Waals surface area contributed by atoms with Gasteiger partial charge >= 0.3 is 0 Å². The van der Waals surface area contributed by atoms with Crippen molar-refractivity contribution >= 4 is 28.4 Å². The molecule has 0 atom stereocenters. The van der Waals surface area contributed by atoms with Crippen LogP contribution in [0.2, 0.25) is 5.02 Å². The first-order valence-corrected chi connectivity index (χ1v) is 7.31. The first-order valence-electron chi connectivity index (χ1n) is 6.93. The predicted molar refractivity (Wildman–Crippen MR) is 85.7 cm³/mol. The number of carbonyl (C=O) groups is 1. The van der Waals surface area contributed by atoms with E-state index in [1.54, 1.807) is 42.6 Å². The van der Waals surface area contributed by atoms with E-state index in [0.29, 0.717) is 29.1 Å². The maximum absolute atomic E-state index is 13.5. The van der Waals surface area contributed by atoms with Crippen molar-refractivity contribution in [3.63, 3.8) is 0 Å².